The number of quaternary nitrogens is 1. The molecule has 10 heteroatoms. The predicted molar refractivity (Wildman–Crippen MR) is 209 cm³/mol. The van der Waals surface area contributed by atoms with Crippen molar-refractivity contribution in [2.24, 2.45) is 0 Å². The molecule has 0 aromatic heterocycles. The van der Waals surface area contributed by atoms with E-state index in [2.05, 4.69) is 6.92 Å². The van der Waals surface area contributed by atoms with E-state index in [0.29, 0.717) is 22.9 Å². The summed E-state index contributed by atoms with van der Waals surface area (Å²) in [6.45, 7) is 4.15. The van der Waals surface area contributed by atoms with Crippen LogP contribution in [0.1, 0.15) is 160 Å². The van der Waals surface area contributed by atoms with E-state index in [1.165, 1.54) is 100 Å². The first-order chi connectivity index (χ1) is 25.6. The van der Waals surface area contributed by atoms with Crippen LogP contribution < -0.4 is 9.38 Å². The van der Waals surface area contributed by atoms with E-state index < -0.39 is 22.3 Å². The number of carboxylic acid groups (broad SMARTS) is 2. The van der Waals surface area contributed by atoms with Gasteiger partial charge in [0.05, 0.1) is 36.1 Å². The summed E-state index contributed by atoms with van der Waals surface area (Å²) in [5.41, 5.74) is -0.446. The molecule has 1 aliphatic rings. The van der Waals surface area contributed by atoms with Gasteiger partial charge in [-0.15, -0.1) is 0 Å². The largest absolute Gasteiger partial charge is 0.506 e. The number of hydrogen-bond donors (Lipinski definition) is 3. The standard InChI is InChI=1S/C43H56N2O8/c1-3-5-6-7-8-9-10-11-12-13-14-15-16-17-18-21-26-45(38(46)24-25-39(45)47)37-30-36(40(48)35-23-20-19-22-34(35)37)41(49)44(4-2)33-28-31(42(50)51)27-32(29-33)43(52)53/h19-20,22-23,27-30H,3-18,21,24-26H2,1-2H3,(H2-,48,49,50,51,52,53)/p+1. The van der Waals surface area contributed by atoms with Gasteiger partial charge < -0.3 is 20.2 Å². The molecule has 1 heterocycles. The summed E-state index contributed by atoms with van der Waals surface area (Å²) in [6, 6.07) is 11.7. The summed E-state index contributed by atoms with van der Waals surface area (Å²) in [5, 5.41) is 31.5. The third-order valence-electron chi connectivity index (χ3n) is 10.7. The Morgan fingerprint density at radius 1 is 0.642 bits per heavy atom. The number of carbonyl (C=O) groups is 5. The Bertz CT molecular complexity index is 1720. The van der Waals surface area contributed by atoms with Crippen LogP contribution >= 0.6 is 0 Å². The number of likely N-dealkylation sites (tertiary alicyclic amines) is 1. The van der Waals surface area contributed by atoms with Crippen molar-refractivity contribution < 1.29 is 39.3 Å². The van der Waals surface area contributed by atoms with E-state index in [9.17, 15) is 39.3 Å². The summed E-state index contributed by atoms with van der Waals surface area (Å²) in [6.07, 6.45) is 19.4. The van der Waals surface area contributed by atoms with E-state index in [-0.39, 0.29) is 65.9 Å². The van der Waals surface area contributed by atoms with E-state index in [4.69, 9.17) is 0 Å². The first-order valence-electron chi connectivity index (χ1n) is 19.7. The van der Waals surface area contributed by atoms with Gasteiger partial charge in [0.2, 0.25) is 0 Å². The highest BCUT2D eigenvalue weighted by atomic mass is 16.4. The van der Waals surface area contributed by atoms with Crippen LogP contribution in [0.4, 0.5) is 11.4 Å². The van der Waals surface area contributed by atoms with Gasteiger partial charge in [-0.1, -0.05) is 115 Å². The number of imide groups is 1. The van der Waals surface area contributed by atoms with Crippen LogP contribution in [-0.2, 0) is 9.59 Å². The van der Waals surface area contributed by atoms with Gasteiger partial charge in [-0.05, 0) is 44.0 Å². The van der Waals surface area contributed by atoms with Gasteiger partial charge in [-0.3, -0.25) is 4.79 Å². The maximum atomic E-state index is 14.2. The third kappa shape index (κ3) is 10.1. The number of aromatic carboxylic acids is 2. The summed E-state index contributed by atoms with van der Waals surface area (Å²) < 4.78 is -0.538. The second-order valence-corrected chi connectivity index (χ2v) is 14.4. The van der Waals surface area contributed by atoms with Crippen molar-refractivity contribution in [1.82, 2.24) is 4.48 Å². The second-order valence-electron chi connectivity index (χ2n) is 14.4. The number of aromatic hydroxyl groups is 1. The Morgan fingerprint density at radius 2 is 1.09 bits per heavy atom. The highest BCUT2D eigenvalue weighted by Crippen LogP contribution is 2.43. The van der Waals surface area contributed by atoms with Gasteiger partial charge in [0, 0.05) is 29.1 Å². The highest BCUT2D eigenvalue weighted by molar-refractivity contribution is 6.21. The average molecular weight is 730 g/mol. The summed E-state index contributed by atoms with van der Waals surface area (Å²) in [7, 11) is 0. The van der Waals surface area contributed by atoms with Crippen molar-refractivity contribution in [2.75, 3.05) is 18.0 Å². The first kappa shape index (κ1) is 41.2. The third-order valence-corrected chi connectivity index (χ3v) is 10.7. The van der Waals surface area contributed by atoms with Gasteiger partial charge in [-0.2, -0.15) is 4.48 Å². The van der Waals surface area contributed by atoms with E-state index in [1.54, 1.807) is 31.2 Å². The van der Waals surface area contributed by atoms with Crippen molar-refractivity contribution in [3.63, 3.8) is 0 Å². The zero-order valence-electron chi connectivity index (χ0n) is 31.5. The molecule has 0 unspecified atom stereocenters. The SMILES string of the molecule is CCCCCCCCCCCCCCCCCC[N+]1(c2cc(C(=O)N(CC)c3cc(C(=O)O)cc(C(=O)O)c3)c(O)c3ccccc23)C(=O)CCC1=O. The van der Waals surface area contributed by atoms with Crippen molar-refractivity contribution in [3.05, 3.63) is 65.2 Å². The molecule has 1 fully saturated rings. The lowest BCUT2D eigenvalue weighted by atomic mass is 9.99. The minimum atomic E-state index is -1.36. The number of phenolic OH excluding ortho intramolecular Hbond substituents is 1. The van der Waals surface area contributed by atoms with Gasteiger partial charge >= 0.3 is 23.8 Å². The van der Waals surface area contributed by atoms with Crippen molar-refractivity contribution in [3.8, 4) is 5.75 Å². The minimum Gasteiger partial charge on any atom is -0.506 e. The Balaban J connectivity index is 1.48. The number of rotatable bonds is 23. The second kappa shape index (κ2) is 20.0. The fraction of sp³-hybridized carbons (Fsp3) is 0.512. The van der Waals surface area contributed by atoms with Crippen LogP contribution in [-0.4, -0.2) is 58.1 Å². The van der Waals surface area contributed by atoms with Crippen molar-refractivity contribution >= 4 is 51.8 Å². The number of nitrogens with zero attached hydrogens (tertiary/aromatic N) is 2. The lowest BCUT2D eigenvalue weighted by Gasteiger charge is -2.31. The smallest absolute Gasteiger partial charge is 0.335 e. The quantitative estimate of drug-likeness (QED) is 0.0496. The molecule has 1 aliphatic heterocycles. The maximum absolute atomic E-state index is 14.2. The number of unbranched alkanes of at least 4 members (excludes halogenated alkanes) is 15. The van der Waals surface area contributed by atoms with Gasteiger partial charge in [0.15, 0.2) is 5.69 Å². The summed E-state index contributed by atoms with van der Waals surface area (Å²) in [4.78, 5) is 66.7. The Morgan fingerprint density at radius 3 is 1.55 bits per heavy atom. The fourth-order valence-corrected chi connectivity index (χ4v) is 7.69. The van der Waals surface area contributed by atoms with Gasteiger partial charge in [0.25, 0.3) is 5.91 Å². The number of anilines is 1. The first-order valence-corrected chi connectivity index (χ1v) is 19.7. The maximum Gasteiger partial charge on any atom is 0.335 e. The molecular formula is C43H57N2O8+. The molecule has 3 aromatic rings. The molecule has 0 aliphatic carbocycles. The lowest BCUT2D eigenvalue weighted by molar-refractivity contribution is -0.137. The van der Waals surface area contributed by atoms with Crippen LogP contribution in [0, 0.1) is 0 Å². The molecule has 0 atom stereocenters. The number of carboxylic acids is 2. The van der Waals surface area contributed by atoms with Crippen molar-refractivity contribution in [2.45, 2.75) is 129 Å². The Kier molecular flexibility index (Phi) is 15.6. The van der Waals surface area contributed by atoms with Crippen LogP contribution in [0.25, 0.3) is 10.8 Å². The molecular weight excluding hydrogens is 672 g/mol. The fourth-order valence-electron chi connectivity index (χ4n) is 7.69. The number of phenols is 1. The van der Waals surface area contributed by atoms with E-state index in [0.717, 1.165) is 25.3 Å². The number of benzene rings is 3. The van der Waals surface area contributed by atoms with Crippen LogP contribution in [0.2, 0.25) is 0 Å². The van der Waals surface area contributed by atoms with Crippen molar-refractivity contribution in [1.29, 1.82) is 0 Å². The molecule has 0 saturated carbocycles. The van der Waals surface area contributed by atoms with E-state index in [1.807, 2.05) is 0 Å². The molecule has 1 saturated heterocycles. The Labute approximate surface area is 313 Å². The molecule has 0 spiro atoms. The summed E-state index contributed by atoms with van der Waals surface area (Å²) in [5.74, 6) is -4.30. The molecule has 3 N–H and O–H groups in total. The zero-order valence-corrected chi connectivity index (χ0v) is 31.5. The molecule has 3 amide bonds. The number of hydrogen-bond acceptors (Lipinski definition) is 6. The Hall–Kier alpha value is -4.57. The number of carbonyl (C=O) groups excluding carboxylic acids is 3. The molecule has 3 aromatic carbocycles. The van der Waals surface area contributed by atoms with Gasteiger partial charge in [-0.25, -0.2) is 19.2 Å². The highest BCUT2D eigenvalue weighted by Gasteiger charge is 2.52. The van der Waals surface area contributed by atoms with Crippen LogP contribution in [0.15, 0.2) is 48.5 Å². The predicted octanol–water partition coefficient (Wildman–Crippen LogP) is 10.0. The molecule has 10 nitrogen and oxygen atoms in total. The zero-order chi connectivity index (χ0) is 38.4. The molecule has 286 valence electrons. The monoisotopic (exact) mass is 729 g/mol. The molecule has 0 radical (unpaired) electrons. The van der Waals surface area contributed by atoms with E-state index >= 15 is 0 Å². The number of amides is 3. The van der Waals surface area contributed by atoms with Gasteiger partial charge in [0.1, 0.15) is 5.75 Å². The van der Waals surface area contributed by atoms with Crippen LogP contribution in [0.5, 0.6) is 5.75 Å². The lowest BCUT2D eigenvalue weighted by Crippen LogP contribution is -2.54. The molecule has 4 rings (SSSR count). The molecule has 53 heavy (non-hydrogen) atoms. The topological polar surface area (TPSA) is 149 Å². The normalized spacial score (nSPS) is 13.8. The van der Waals surface area contributed by atoms with Crippen LogP contribution in [0.3, 0.4) is 0 Å². The summed E-state index contributed by atoms with van der Waals surface area (Å²) >= 11 is 0. The minimum absolute atomic E-state index is 0.0135. The molecule has 0 bridgehead atoms. The average Bonchev–Trinajstić information content (AvgIpc) is 3.44. The number of fused-ring (bicyclic) bond motifs is 1.